The number of ketones is 1. The van der Waals surface area contributed by atoms with E-state index in [0.29, 0.717) is 23.8 Å². The molecule has 1 fully saturated rings. The third-order valence-corrected chi connectivity index (χ3v) is 4.29. The molecule has 2 rings (SSSR count). The van der Waals surface area contributed by atoms with Crippen molar-refractivity contribution >= 4 is 5.78 Å². The lowest BCUT2D eigenvalue weighted by Crippen LogP contribution is -2.30. The summed E-state index contributed by atoms with van der Waals surface area (Å²) in [7, 11) is 0. The SMILES string of the molecule is CCCOc1cncc(C(=O)C2(CC(C)C)CCCC2)c1. The molecule has 0 N–H and O–H groups in total. The van der Waals surface area contributed by atoms with Gasteiger partial charge in [0, 0.05) is 17.2 Å². The maximum absolute atomic E-state index is 13.0. The van der Waals surface area contributed by atoms with Crippen LogP contribution in [0.5, 0.6) is 5.75 Å². The van der Waals surface area contributed by atoms with Crippen molar-refractivity contribution in [3.8, 4) is 5.75 Å². The van der Waals surface area contributed by atoms with E-state index in [1.165, 1.54) is 0 Å². The van der Waals surface area contributed by atoms with Crippen LogP contribution in [0.3, 0.4) is 0 Å². The predicted octanol–water partition coefficient (Wildman–Crippen LogP) is 4.66. The minimum absolute atomic E-state index is 0.167. The zero-order valence-corrected chi connectivity index (χ0v) is 13.5. The van der Waals surface area contributed by atoms with Crippen LogP contribution in [0.25, 0.3) is 0 Å². The Hall–Kier alpha value is -1.38. The lowest BCUT2D eigenvalue weighted by atomic mass is 9.73. The van der Waals surface area contributed by atoms with Crippen molar-refractivity contribution in [1.29, 1.82) is 0 Å². The Balaban J connectivity index is 2.20. The zero-order valence-electron chi connectivity index (χ0n) is 13.5. The first kappa shape index (κ1) is 16.0. The number of hydrogen-bond acceptors (Lipinski definition) is 3. The Morgan fingerprint density at radius 1 is 1.33 bits per heavy atom. The number of carbonyl (C=O) groups excluding carboxylic acids is 1. The number of Topliss-reactive ketones (excluding diaryl/α,β-unsaturated/α-hetero) is 1. The van der Waals surface area contributed by atoms with Crippen LogP contribution in [-0.2, 0) is 0 Å². The summed E-state index contributed by atoms with van der Waals surface area (Å²) in [5, 5.41) is 0. The molecule has 1 aromatic rings. The molecule has 1 aromatic heterocycles. The number of ether oxygens (including phenoxy) is 1. The molecule has 0 radical (unpaired) electrons. The van der Waals surface area contributed by atoms with Gasteiger partial charge in [-0.15, -0.1) is 0 Å². The Kier molecular flexibility index (Phi) is 5.38. The second-order valence-corrected chi connectivity index (χ2v) is 6.67. The topological polar surface area (TPSA) is 39.2 Å². The van der Waals surface area contributed by atoms with Crippen LogP contribution in [0, 0.1) is 11.3 Å². The van der Waals surface area contributed by atoms with Crippen LogP contribution in [0.4, 0.5) is 0 Å². The molecule has 1 saturated carbocycles. The number of rotatable bonds is 7. The van der Waals surface area contributed by atoms with Gasteiger partial charge < -0.3 is 4.74 Å². The highest BCUT2D eigenvalue weighted by Gasteiger charge is 2.41. The zero-order chi connectivity index (χ0) is 15.3. The highest BCUT2D eigenvalue weighted by Crippen LogP contribution is 2.45. The molecule has 3 nitrogen and oxygen atoms in total. The molecule has 1 aliphatic carbocycles. The average molecular weight is 289 g/mol. The average Bonchev–Trinajstić information content (AvgIpc) is 2.93. The van der Waals surface area contributed by atoms with Crippen molar-refractivity contribution in [1.82, 2.24) is 4.98 Å². The van der Waals surface area contributed by atoms with Crippen LogP contribution in [0.2, 0.25) is 0 Å². The van der Waals surface area contributed by atoms with Crippen molar-refractivity contribution in [2.75, 3.05) is 6.61 Å². The molecule has 0 amide bonds. The van der Waals surface area contributed by atoms with E-state index in [1.54, 1.807) is 12.4 Å². The second kappa shape index (κ2) is 7.06. The van der Waals surface area contributed by atoms with Crippen molar-refractivity contribution in [2.24, 2.45) is 11.3 Å². The minimum atomic E-state index is -0.167. The Morgan fingerprint density at radius 3 is 2.67 bits per heavy atom. The highest BCUT2D eigenvalue weighted by molar-refractivity contribution is 6.00. The van der Waals surface area contributed by atoms with Gasteiger partial charge >= 0.3 is 0 Å². The Morgan fingerprint density at radius 2 is 2.05 bits per heavy atom. The summed E-state index contributed by atoms with van der Waals surface area (Å²) in [4.78, 5) is 17.2. The monoisotopic (exact) mass is 289 g/mol. The van der Waals surface area contributed by atoms with E-state index in [-0.39, 0.29) is 11.2 Å². The minimum Gasteiger partial charge on any atom is -0.492 e. The van der Waals surface area contributed by atoms with E-state index in [2.05, 4.69) is 25.8 Å². The van der Waals surface area contributed by atoms with Gasteiger partial charge in [-0.05, 0) is 37.7 Å². The van der Waals surface area contributed by atoms with Crippen molar-refractivity contribution in [3.63, 3.8) is 0 Å². The first-order valence-corrected chi connectivity index (χ1v) is 8.20. The molecule has 0 saturated heterocycles. The first-order chi connectivity index (χ1) is 10.1. The normalized spacial score (nSPS) is 17.1. The van der Waals surface area contributed by atoms with Gasteiger partial charge in [0.1, 0.15) is 5.75 Å². The van der Waals surface area contributed by atoms with Gasteiger partial charge in [-0.25, -0.2) is 0 Å². The number of nitrogens with zero attached hydrogens (tertiary/aromatic N) is 1. The van der Waals surface area contributed by atoms with Gasteiger partial charge in [-0.3, -0.25) is 9.78 Å². The summed E-state index contributed by atoms with van der Waals surface area (Å²) in [6.45, 7) is 7.13. The van der Waals surface area contributed by atoms with Gasteiger partial charge in [0.05, 0.1) is 12.8 Å². The van der Waals surface area contributed by atoms with Gasteiger partial charge in [0.2, 0.25) is 0 Å². The lowest BCUT2D eigenvalue weighted by molar-refractivity contribution is 0.0759. The molecule has 0 aliphatic heterocycles. The van der Waals surface area contributed by atoms with E-state index in [1.807, 2.05) is 6.07 Å². The molecule has 0 atom stereocenters. The molecule has 21 heavy (non-hydrogen) atoms. The number of hydrogen-bond donors (Lipinski definition) is 0. The molecule has 1 aliphatic rings. The smallest absolute Gasteiger partial charge is 0.170 e. The summed E-state index contributed by atoms with van der Waals surface area (Å²) in [5.74, 6) is 1.52. The fourth-order valence-corrected chi connectivity index (χ4v) is 3.51. The summed E-state index contributed by atoms with van der Waals surface area (Å²) in [6.07, 6.45) is 9.68. The first-order valence-electron chi connectivity index (χ1n) is 8.20. The molecule has 1 heterocycles. The van der Waals surface area contributed by atoms with Gasteiger partial charge in [0.15, 0.2) is 5.78 Å². The summed E-state index contributed by atoms with van der Waals surface area (Å²) in [5.41, 5.74) is 0.547. The van der Waals surface area contributed by atoms with Crippen molar-refractivity contribution < 1.29 is 9.53 Å². The predicted molar refractivity (Wildman–Crippen MR) is 84.7 cm³/mol. The standard InChI is InChI=1S/C18H27NO2/c1-4-9-21-16-10-15(12-19-13-16)17(20)18(11-14(2)3)7-5-6-8-18/h10,12-14H,4-9,11H2,1-3H3. The number of carbonyl (C=O) groups is 1. The van der Waals surface area contributed by atoms with E-state index < -0.39 is 0 Å². The van der Waals surface area contributed by atoms with Gasteiger partial charge in [-0.2, -0.15) is 0 Å². The molecule has 0 aromatic carbocycles. The molecule has 0 spiro atoms. The second-order valence-electron chi connectivity index (χ2n) is 6.67. The third kappa shape index (κ3) is 3.84. The number of pyridine rings is 1. The van der Waals surface area contributed by atoms with Gasteiger partial charge in [0.25, 0.3) is 0 Å². The number of aromatic nitrogens is 1. The van der Waals surface area contributed by atoms with Crippen molar-refractivity contribution in [3.05, 3.63) is 24.0 Å². The van der Waals surface area contributed by atoms with Crippen molar-refractivity contribution in [2.45, 2.75) is 59.3 Å². The van der Waals surface area contributed by atoms with E-state index in [9.17, 15) is 4.79 Å². The van der Waals surface area contributed by atoms with Crippen LogP contribution in [0.1, 0.15) is 69.7 Å². The van der Waals surface area contributed by atoms with Gasteiger partial charge in [-0.1, -0.05) is 33.6 Å². The van der Waals surface area contributed by atoms with Crippen LogP contribution in [-0.4, -0.2) is 17.4 Å². The van der Waals surface area contributed by atoms with E-state index >= 15 is 0 Å². The fourth-order valence-electron chi connectivity index (χ4n) is 3.51. The Labute approximate surface area is 128 Å². The Bertz CT molecular complexity index is 476. The maximum Gasteiger partial charge on any atom is 0.170 e. The maximum atomic E-state index is 13.0. The lowest BCUT2D eigenvalue weighted by Gasteiger charge is -2.29. The fraction of sp³-hybridized carbons (Fsp3) is 0.667. The summed E-state index contributed by atoms with van der Waals surface area (Å²) < 4.78 is 5.61. The third-order valence-electron chi connectivity index (χ3n) is 4.29. The quantitative estimate of drug-likeness (QED) is 0.685. The molecule has 0 bridgehead atoms. The molecule has 3 heteroatoms. The largest absolute Gasteiger partial charge is 0.492 e. The molecule has 0 unspecified atom stereocenters. The van der Waals surface area contributed by atoms with E-state index in [0.717, 1.165) is 38.5 Å². The van der Waals surface area contributed by atoms with Crippen LogP contribution >= 0.6 is 0 Å². The molecular formula is C18H27NO2. The van der Waals surface area contributed by atoms with E-state index in [4.69, 9.17) is 4.74 Å². The highest BCUT2D eigenvalue weighted by atomic mass is 16.5. The summed E-state index contributed by atoms with van der Waals surface area (Å²) in [6, 6.07) is 1.87. The van der Waals surface area contributed by atoms with Crippen LogP contribution in [0.15, 0.2) is 18.5 Å². The molecule has 116 valence electrons. The molecular weight excluding hydrogens is 262 g/mol. The van der Waals surface area contributed by atoms with Crippen LogP contribution < -0.4 is 4.74 Å². The summed E-state index contributed by atoms with van der Waals surface area (Å²) >= 11 is 0.